The fourth-order valence-corrected chi connectivity index (χ4v) is 2.36. The molecule has 2 aromatic rings. The third-order valence-electron chi connectivity index (χ3n) is 3.73. The number of halogens is 1. The molecule has 122 valence electrons. The van der Waals surface area contributed by atoms with Crippen molar-refractivity contribution in [3.63, 3.8) is 0 Å². The summed E-state index contributed by atoms with van der Waals surface area (Å²) in [7, 11) is 0. The molecule has 0 radical (unpaired) electrons. The molecule has 2 N–H and O–H groups in total. The van der Waals surface area contributed by atoms with E-state index in [0.29, 0.717) is 18.5 Å². The standard InChI is InChI=1S/C18H21FN2O2/c1-11(2)16-9-14(10-17(22)21-16)18(23)20-7-6-13-4-5-15(19)8-12(13)3/h4-5,8-11H,6-7H2,1-3H3,(H,20,23)(H,21,22). The van der Waals surface area contributed by atoms with Crippen LogP contribution in [0.5, 0.6) is 0 Å². The number of aromatic amines is 1. The maximum atomic E-state index is 13.1. The number of hydrogen-bond donors (Lipinski definition) is 2. The Bertz CT molecular complexity index is 766. The zero-order valence-electron chi connectivity index (χ0n) is 13.6. The summed E-state index contributed by atoms with van der Waals surface area (Å²) in [6.07, 6.45) is 0.609. The predicted molar refractivity (Wildman–Crippen MR) is 88.3 cm³/mol. The Balaban J connectivity index is 2.01. The Morgan fingerprint density at radius 2 is 2.00 bits per heavy atom. The van der Waals surface area contributed by atoms with Gasteiger partial charge in [-0.25, -0.2) is 4.39 Å². The van der Waals surface area contributed by atoms with Crippen molar-refractivity contribution >= 4 is 5.91 Å². The van der Waals surface area contributed by atoms with Gasteiger partial charge < -0.3 is 10.3 Å². The Morgan fingerprint density at radius 3 is 2.65 bits per heavy atom. The molecule has 0 aliphatic carbocycles. The van der Waals surface area contributed by atoms with Gasteiger partial charge >= 0.3 is 0 Å². The molecule has 1 heterocycles. The molecule has 0 aliphatic heterocycles. The number of carbonyl (C=O) groups excluding carboxylic acids is 1. The van der Waals surface area contributed by atoms with Crippen LogP contribution in [-0.4, -0.2) is 17.4 Å². The molecule has 1 aromatic heterocycles. The van der Waals surface area contributed by atoms with Crippen LogP contribution in [0.3, 0.4) is 0 Å². The van der Waals surface area contributed by atoms with Gasteiger partial charge in [-0.3, -0.25) is 9.59 Å². The van der Waals surface area contributed by atoms with Gasteiger partial charge in [-0.2, -0.15) is 0 Å². The summed E-state index contributed by atoms with van der Waals surface area (Å²) >= 11 is 0. The average Bonchev–Trinajstić information content (AvgIpc) is 2.48. The normalized spacial score (nSPS) is 10.8. The number of nitrogens with one attached hydrogen (secondary N) is 2. The van der Waals surface area contributed by atoms with Crippen LogP contribution in [0.15, 0.2) is 35.1 Å². The summed E-state index contributed by atoms with van der Waals surface area (Å²) in [5.74, 6) is -0.407. The number of aryl methyl sites for hydroxylation is 1. The van der Waals surface area contributed by atoms with Crippen LogP contribution in [0.2, 0.25) is 0 Å². The largest absolute Gasteiger partial charge is 0.352 e. The summed E-state index contributed by atoms with van der Waals surface area (Å²) < 4.78 is 13.1. The van der Waals surface area contributed by atoms with E-state index in [1.165, 1.54) is 18.2 Å². The van der Waals surface area contributed by atoms with Crippen molar-refractivity contribution < 1.29 is 9.18 Å². The molecule has 0 bridgehead atoms. The molecule has 0 saturated carbocycles. The number of carbonyl (C=O) groups is 1. The lowest BCUT2D eigenvalue weighted by molar-refractivity contribution is 0.0953. The van der Waals surface area contributed by atoms with E-state index in [2.05, 4.69) is 10.3 Å². The Kier molecular flexibility index (Phi) is 5.32. The molecule has 0 atom stereocenters. The number of rotatable bonds is 5. The Labute approximate surface area is 134 Å². The lowest BCUT2D eigenvalue weighted by atomic mass is 10.1. The van der Waals surface area contributed by atoms with E-state index in [1.54, 1.807) is 12.1 Å². The molecule has 0 spiro atoms. The van der Waals surface area contributed by atoms with Crippen molar-refractivity contribution in [2.24, 2.45) is 0 Å². The first-order valence-corrected chi connectivity index (χ1v) is 7.64. The molecule has 2 rings (SSSR count). The molecule has 23 heavy (non-hydrogen) atoms. The number of H-pyrrole nitrogens is 1. The van der Waals surface area contributed by atoms with Crippen LogP contribution in [0.4, 0.5) is 4.39 Å². The maximum absolute atomic E-state index is 13.1. The average molecular weight is 316 g/mol. The summed E-state index contributed by atoms with van der Waals surface area (Å²) in [5, 5.41) is 2.80. The number of benzene rings is 1. The van der Waals surface area contributed by atoms with E-state index < -0.39 is 0 Å². The highest BCUT2D eigenvalue weighted by molar-refractivity contribution is 5.94. The second-order valence-electron chi connectivity index (χ2n) is 5.92. The van der Waals surface area contributed by atoms with Crippen molar-refractivity contribution in [3.05, 3.63) is 68.9 Å². The molecule has 1 amide bonds. The van der Waals surface area contributed by atoms with Gasteiger partial charge in [-0.1, -0.05) is 19.9 Å². The molecule has 0 fully saturated rings. The summed E-state index contributed by atoms with van der Waals surface area (Å²) in [4.78, 5) is 26.5. The third kappa shape index (κ3) is 4.52. The first-order valence-electron chi connectivity index (χ1n) is 7.64. The molecule has 4 nitrogen and oxygen atoms in total. The van der Waals surface area contributed by atoms with Crippen molar-refractivity contribution in [2.75, 3.05) is 6.54 Å². The van der Waals surface area contributed by atoms with E-state index in [9.17, 15) is 14.0 Å². The van der Waals surface area contributed by atoms with Crippen molar-refractivity contribution in [3.8, 4) is 0 Å². The number of hydrogen-bond acceptors (Lipinski definition) is 2. The molecular weight excluding hydrogens is 295 g/mol. The highest BCUT2D eigenvalue weighted by atomic mass is 19.1. The van der Waals surface area contributed by atoms with Gasteiger partial charge in [-0.05, 0) is 48.6 Å². The van der Waals surface area contributed by atoms with Gasteiger partial charge in [0.05, 0.1) is 0 Å². The minimum absolute atomic E-state index is 0.136. The highest BCUT2D eigenvalue weighted by Gasteiger charge is 2.10. The van der Waals surface area contributed by atoms with E-state index in [-0.39, 0.29) is 23.2 Å². The second-order valence-corrected chi connectivity index (χ2v) is 5.92. The predicted octanol–water partition coefficient (Wildman–Crippen LogP) is 2.92. The molecule has 0 unspecified atom stereocenters. The van der Waals surface area contributed by atoms with Crippen LogP contribution < -0.4 is 10.9 Å². The van der Waals surface area contributed by atoms with Crippen LogP contribution >= 0.6 is 0 Å². The summed E-state index contributed by atoms with van der Waals surface area (Å²) in [6, 6.07) is 7.61. The van der Waals surface area contributed by atoms with Crippen molar-refractivity contribution in [1.29, 1.82) is 0 Å². The first-order chi connectivity index (χ1) is 10.9. The zero-order chi connectivity index (χ0) is 17.0. The van der Waals surface area contributed by atoms with Gasteiger partial charge in [0.25, 0.3) is 5.91 Å². The lowest BCUT2D eigenvalue weighted by Crippen LogP contribution is -2.27. The van der Waals surface area contributed by atoms with Crippen LogP contribution in [0, 0.1) is 12.7 Å². The van der Waals surface area contributed by atoms with E-state index >= 15 is 0 Å². The number of aromatic nitrogens is 1. The van der Waals surface area contributed by atoms with Crippen molar-refractivity contribution in [2.45, 2.75) is 33.1 Å². The molecule has 0 aliphatic rings. The van der Waals surface area contributed by atoms with Gasteiger partial charge in [0.15, 0.2) is 0 Å². The highest BCUT2D eigenvalue weighted by Crippen LogP contribution is 2.12. The minimum atomic E-state index is -0.282. The Morgan fingerprint density at radius 1 is 1.26 bits per heavy atom. The van der Waals surface area contributed by atoms with Crippen LogP contribution in [0.25, 0.3) is 0 Å². The van der Waals surface area contributed by atoms with E-state index in [1.807, 2.05) is 20.8 Å². The molecule has 1 aromatic carbocycles. The second kappa shape index (κ2) is 7.22. The van der Waals surface area contributed by atoms with E-state index in [0.717, 1.165) is 16.8 Å². The maximum Gasteiger partial charge on any atom is 0.251 e. The summed E-state index contributed by atoms with van der Waals surface area (Å²) in [5.41, 5.74) is 2.65. The lowest BCUT2D eigenvalue weighted by Gasteiger charge is -2.10. The van der Waals surface area contributed by atoms with Gasteiger partial charge in [-0.15, -0.1) is 0 Å². The molecule has 0 saturated heterocycles. The van der Waals surface area contributed by atoms with Gasteiger partial charge in [0, 0.05) is 23.9 Å². The third-order valence-corrected chi connectivity index (χ3v) is 3.73. The van der Waals surface area contributed by atoms with Gasteiger partial charge in [0.1, 0.15) is 5.82 Å². The number of pyridine rings is 1. The SMILES string of the molecule is Cc1cc(F)ccc1CCNC(=O)c1cc(C(C)C)[nH]c(=O)c1. The topological polar surface area (TPSA) is 62.0 Å². The van der Waals surface area contributed by atoms with E-state index in [4.69, 9.17) is 0 Å². The quantitative estimate of drug-likeness (QED) is 0.891. The fourth-order valence-electron chi connectivity index (χ4n) is 2.36. The first kappa shape index (κ1) is 16.9. The monoisotopic (exact) mass is 316 g/mol. The Hall–Kier alpha value is -2.43. The minimum Gasteiger partial charge on any atom is -0.352 e. The molecule has 5 heteroatoms. The summed E-state index contributed by atoms with van der Waals surface area (Å²) in [6.45, 7) is 6.16. The van der Waals surface area contributed by atoms with Crippen LogP contribution in [-0.2, 0) is 6.42 Å². The van der Waals surface area contributed by atoms with Gasteiger partial charge in [0.2, 0.25) is 5.56 Å². The zero-order valence-corrected chi connectivity index (χ0v) is 13.6. The van der Waals surface area contributed by atoms with Crippen LogP contribution in [0.1, 0.15) is 46.9 Å². The number of amides is 1. The smallest absolute Gasteiger partial charge is 0.251 e. The van der Waals surface area contributed by atoms with Crippen molar-refractivity contribution in [1.82, 2.24) is 10.3 Å². The molecular formula is C18H21FN2O2. The fraction of sp³-hybridized carbons (Fsp3) is 0.333.